The Hall–Kier alpha value is -3.73. The van der Waals surface area contributed by atoms with Crippen molar-refractivity contribution in [3.05, 3.63) is 93.1 Å². The Morgan fingerprint density at radius 1 is 1.02 bits per heavy atom. The largest absolute Gasteiger partial charge is 0.492 e. The van der Waals surface area contributed by atoms with Gasteiger partial charge in [0.25, 0.3) is 11.6 Å². The molecule has 0 atom stereocenters. The van der Waals surface area contributed by atoms with E-state index in [1.54, 1.807) is 24.4 Å². The van der Waals surface area contributed by atoms with Gasteiger partial charge in [0.15, 0.2) is 0 Å². The summed E-state index contributed by atoms with van der Waals surface area (Å²) in [6, 6.07) is 18.6. The molecular formula is C30H35ClN6O4. The summed E-state index contributed by atoms with van der Waals surface area (Å²) < 4.78 is 5.62. The van der Waals surface area contributed by atoms with Gasteiger partial charge in [0.2, 0.25) is 0 Å². The summed E-state index contributed by atoms with van der Waals surface area (Å²) in [4.78, 5) is 34.8. The third-order valence-electron chi connectivity index (χ3n) is 7.72. The number of benzene rings is 2. The number of ether oxygens (including phenoxy) is 1. The predicted octanol–water partition coefficient (Wildman–Crippen LogP) is 4.24. The third-order valence-corrected chi connectivity index (χ3v) is 8.00. The van der Waals surface area contributed by atoms with Crippen molar-refractivity contribution in [1.82, 2.24) is 20.1 Å². The van der Waals surface area contributed by atoms with Crippen molar-refractivity contribution >= 4 is 29.0 Å². The fraction of sp³-hybridized carbons (Fsp3) is 0.400. The second-order valence-electron chi connectivity index (χ2n) is 10.4. The Bertz CT molecular complexity index is 1310. The van der Waals surface area contributed by atoms with Crippen molar-refractivity contribution in [2.75, 3.05) is 57.3 Å². The van der Waals surface area contributed by atoms with Gasteiger partial charge in [-0.15, -0.1) is 0 Å². The number of hydrogen-bond donors (Lipinski definition) is 1. The molecule has 11 heteroatoms. The van der Waals surface area contributed by atoms with Crippen molar-refractivity contribution in [1.29, 1.82) is 0 Å². The molecule has 1 amide bonds. The highest BCUT2D eigenvalue weighted by Gasteiger charge is 2.28. The van der Waals surface area contributed by atoms with Crippen LogP contribution in [0.4, 0.5) is 11.5 Å². The highest BCUT2D eigenvalue weighted by atomic mass is 35.5. The van der Waals surface area contributed by atoms with Gasteiger partial charge in [0.05, 0.1) is 22.1 Å². The number of nitro groups is 1. The SMILES string of the molecule is O=C(NCCOc1ccccc1)c1cnc(N2CCN(C3CCN(Cc4ccc([N+](=O)[O-])cc4)CC3)CC2)c(Cl)c1. The number of non-ortho nitro benzene ring substituents is 1. The molecule has 216 valence electrons. The third kappa shape index (κ3) is 7.72. The molecule has 0 bridgehead atoms. The lowest BCUT2D eigenvalue weighted by Crippen LogP contribution is -2.53. The van der Waals surface area contributed by atoms with E-state index in [1.807, 2.05) is 42.5 Å². The van der Waals surface area contributed by atoms with Gasteiger partial charge < -0.3 is 15.0 Å². The van der Waals surface area contributed by atoms with Gasteiger partial charge in [-0.2, -0.15) is 0 Å². The molecule has 0 radical (unpaired) electrons. The van der Waals surface area contributed by atoms with E-state index in [-0.39, 0.29) is 16.5 Å². The fourth-order valence-electron chi connectivity index (χ4n) is 5.46. The van der Waals surface area contributed by atoms with Crippen molar-refractivity contribution in [2.24, 2.45) is 0 Å². The quantitative estimate of drug-likeness (QED) is 0.216. The summed E-state index contributed by atoms with van der Waals surface area (Å²) in [5.74, 6) is 1.25. The molecule has 3 heterocycles. The Kier molecular flexibility index (Phi) is 9.66. The Morgan fingerprint density at radius 2 is 1.73 bits per heavy atom. The van der Waals surface area contributed by atoms with Gasteiger partial charge in [0, 0.05) is 57.1 Å². The van der Waals surface area contributed by atoms with Crippen LogP contribution in [0.5, 0.6) is 5.75 Å². The average Bonchev–Trinajstić information content (AvgIpc) is 3.00. The maximum absolute atomic E-state index is 12.6. The second-order valence-corrected chi connectivity index (χ2v) is 10.8. The number of nitrogens with zero attached hydrogens (tertiary/aromatic N) is 5. The van der Waals surface area contributed by atoms with Crippen LogP contribution in [0.1, 0.15) is 28.8 Å². The average molecular weight is 579 g/mol. The van der Waals surface area contributed by atoms with E-state index in [2.05, 4.69) is 25.0 Å². The molecular weight excluding hydrogens is 544 g/mol. The minimum absolute atomic E-state index is 0.130. The van der Waals surface area contributed by atoms with Crippen LogP contribution in [-0.4, -0.2) is 84.1 Å². The maximum Gasteiger partial charge on any atom is 0.269 e. The van der Waals surface area contributed by atoms with E-state index < -0.39 is 0 Å². The zero-order chi connectivity index (χ0) is 28.6. The molecule has 10 nitrogen and oxygen atoms in total. The number of anilines is 1. The van der Waals surface area contributed by atoms with Crippen LogP contribution in [0.15, 0.2) is 66.9 Å². The Morgan fingerprint density at radius 3 is 2.39 bits per heavy atom. The number of carbonyl (C=O) groups is 1. The number of likely N-dealkylation sites (tertiary alicyclic amines) is 1. The number of aromatic nitrogens is 1. The van der Waals surface area contributed by atoms with E-state index in [0.717, 1.165) is 70.0 Å². The number of nitrogens with one attached hydrogen (secondary N) is 1. The number of para-hydroxylation sites is 1. The molecule has 0 saturated carbocycles. The molecule has 2 saturated heterocycles. The Labute approximate surface area is 245 Å². The zero-order valence-electron chi connectivity index (χ0n) is 23.0. The number of piperidine rings is 1. The summed E-state index contributed by atoms with van der Waals surface area (Å²) in [5.41, 5.74) is 1.66. The van der Waals surface area contributed by atoms with Crippen molar-refractivity contribution < 1.29 is 14.5 Å². The number of halogens is 1. The van der Waals surface area contributed by atoms with Crippen LogP contribution in [0.2, 0.25) is 5.02 Å². The van der Waals surface area contributed by atoms with Gasteiger partial charge in [-0.3, -0.25) is 24.7 Å². The summed E-state index contributed by atoms with van der Waals surface area (Å²) >= 11 is 6.58. The Balaban J connectivity index is 1.04. The second kappa shape index (κ2) is 13.8. The number of piperazine rings is 1. The van der Waals surface area contributed by atoms with E-state index >= 15 is 0 Å². The van der Waals surface area contributed by atoms with Crippen LogP contribution < -0.4 is 15.0 Å². The summed E-state index contributed by atoms with van der Waals surface area (Å²) in [5, 5.41) is 14.2. The standard InChI is InChI=1S/C30H35ClN6O4/c31-28-20-24(30(38)32-12-19-41-27-4-2-1-3-5-27)21-33-29(28)36-17-15-35(16-18-36)25-10-13-34(14-11-25)22-23-6-8-26(9-7-23)37(39)40/h1-9,20-21,25H,10-19,22H2,(H,32,38). The first kappa shape index (κ1) is 28.8. The van der Waals surface area contributed by atoms with Crippen LogP contribution >= 0.6 is 11.6 Å². The molecule has 0 unspecified atom stereocenters. The van der Waals surface area contributed by atoms with Crippen molar-refractivity contribution in [2.45, 2.75) is 25.4 Å². The molecule has 2 aromatic carbocycles. The van der Waals surface area contributed by atoms with Gasteiger partial charge in [0.1, 0.15) is 18.2 Å². The maximum atomic E-state index is 12.6. The van der Waals surface area contributed by atoms with Crippen LogP contribution in [0.3, 0.4) is 0 Å². The first-order valence-corrected chi connectivity index (χ1v) is 14.4. The minimum Gasteiger partial charge on any atom is -0.492 e. The lowest BCUT2D eigenvalue weighted by Gasteiger charge is -2.43. The van der Waals surface area contributed by atoms with Crippen LogP contribution in [0.25, 0.3) is 0 Å². The molecule has 0 spiro atoms. The smallest absolute Gasteiger partial charge is 0.269 e. The summed E-state index contributed by atoms with van der Waals surface area (Å²) in [7, 11) is 0. The first-order chi connectivity index (χ1) is 20.0. The first-order valence-electron chi connectivity index (χ1n) is 14.0. The number of pyridine rings is 1. The van der Waals surface area contributed by atoms with Gasteiger partial charge in [-0.1, -0.05) is 41.9 Å². The minimum atomic E-state index is -0.362. The van der Waals surface area contributed by atoms with E-state index in [1.165, 1.54) is 0 Å². The van der Waals surface area contributed by atoms with Crippen LogP contribution in [-0.2, 0) is 6.54 Å². The molecule has 41 heavy (non-hydrogen) atoms. The fourth-order valence-corrected chi connectivity index (χ4v) is 5.75. The lowest BCUT2D eigenvalue weighted by molar-refractivity contribution is -0.384. The predicted molar refractivity (Wildman–Crippen MR) is 159 cm³/mol. The molecule has 2 fully saturated rings. The number of nitro benzene ring substituents is 1. The lowest BCUT2D eigenvalue weighted by atomic mass is 10.0. The van der Waals surface area contributed by atoms with Gasteiger partial charge in [-0.05, 0) is 49.7 Å². The molecule has 5 rings (SSSR count). The molecule has 1 N–H and O–H groups in total. The number of amides is 1. The number of rotatable bonds is 10. The monoisotopic (exact) mass is 578 g/mol. The van der Waals surface area contributed by atoms with E-state index in [9.17, 15) is 14.9 Å². The number of carbonyl (C=O) groups excluding carboxylic acids is 1. The van der Waals surface area contributed by atoms with Crippen molar-refractivity contribution in [3.63, 3.8) is 0 Å². The normalized spacial score (nSPS) is 16.9. The van der Waals surface area contributed by atoms with Crippen molar-refractivity contribution in [3.8, 4) is 5.75 Å². The van der Waals surface area contributed by atoms with Gasteiger partial charge >= 0.3 is 0 Å². The van der Waals surface area contributed by atoms with E-state index in [0.29, 0.717) is 35.6 Å². The molecule has 1 aromatic heterocycles. The highest BCUT2D eigenvalue weighted by Crippen LogP contribution is 2.27. The topological polar surface area (TPSA) is 104 Å². The van der Waals surface area contributed by atoms with E-state index in [4.69, 9.17) is 16.3 Å². The zero-order valence-corrected chi connectivity index (χ0v) is 23.7. The summed E-state index contributed by atoms with van der Waals surface area (Å²) in [6.45, 7) is 7.13. The number of hydrogen-bond acceptors (Lipinski definition) is 8. The molecule has 3 aromatic rings. The molecule has 2 aliphatic heterocycles. The molecule has 2 aliphatic rings. The summed E-state index contributed by atoms with van der Waals surface area (Å²) in [6.07, 6.45) is 3.79. The molecule has 0 aliphatic carbocycles. The van der Waals surface area contributed by atoms with Gasteiger partial charge in [-0.25, -0.2) is 4.98 Å². The highest BCUT2D eigenvalue weighted by molar-refractivity contribution is 6.33. The van der Waals surface area contributed by atoms with Crippen LogP contribution in [0, 0.1) is 10.1 Å².